The molecule has 1 amide bonds. The van der Waals surface area contributed by atoms with E-state index in [4.69, 9.17) is 9.15 Å². The van der Waals surface area contributed by atoms with Crippen molar-refractivity contribution < 1.29 is 13.9 Å². The molecule has 2 fully saturated rings. The molecule has 5 nitrogen and oxygen atoms in total. The lowest BCUT2D eigenvalue weighted by Crippen LogP contribution is -2.43. The van der Waals surface area contributed by atoms with Gasteiger partial charge in [0.2, 0.25) is 0 Å². The highest BCUT2D eigenvalue weighted by Gasteiger charge is 2.42. The number of nitrogens with zero attached hydrogens (tertiary/aromatic N) is 2. The maximum absolute atomic E-state index is 12.8. The SMILES string of the molecule is Cc1ccc(C(=O)N2CCOC[C@@]3(CCN(Cc4cccs4)C3)C2)o1. The van der Waals surface area contributed by atoms with E-state index in [1.807, 2.05) is 17.9 Å². The highest BCUT2D eigenvalue weighted by Crippen LogP contribution is 2.35. The van der Waals surface area contributed by atoms with E-state index >= 15 is 0 Å². The molecule has 1 atom stereocenters. The van der Waals surface area contributed by atoms with Crippen molar-refractivity contribution in [2.24, 2.45) is 5.41 Å². The third-order valence-electron chi connectivity index (χ3n) is 5.16. The van der Waals surface area contributed by atoms with Gasteiger partial charge in [-0.05, 0) is 43.5 Å². The summed E-state index contributed by atoms with van der Waals surface area (Å²) >= 11 is 1.80. The molecule has 0 aliphatic carbocycles. The van der Waals surface area contributed by atoms with Crippen molar-refractivity contribution in [1.29, 1.82) is 0 Å². The Balaban J connectivity index is 1.45. The number of amides is 1. The van der Waals surface area contributed by atoms with Gasteiger partial charge in [-0.3, -0.25) is 9.69 Å². The first-order chi connectivity index (χ1) is 12.1. The number of furan rings is 1. The number of hydrogen-bond donors (Lipinski definition) is 0. The quantitative estimate of drug-likeness (QED) is 0.844. The molecule has 25 heavy (non-hydrogen) atoms. The number of hydrogen-bond acceptors (Lipinski definition) is 5. The summed E-state index contributed by atoms with van der Waals surface area (Å²) in [6.07, 6.45) is 1.07. The van der Waals surface area contributed by atoms with Crippen LogP contribution in [0.4, 0.5) is 0 Å². The van der Waals surface area contributed by atoms with Gasteiger partial charge in [-0.25, -0.2) is 0 Å². The molecule has 1 spiro atoms. The van der Waals surface area contributed by atoms with E-state index in [9.17, 15) is 4.79 Å². The van der Waals surface area contributed by atoms with Crippen LogP contribution in [0.1, 0.15) is 27.6 Å². The Morgan fingerprint density at radius 1 is 1.28 bits per heavy atom. The summed E-state index contributed by atoms with van der Waals surface area (Å²) in [6, 6.07) is 7.91. The molecule has 4 heterocycles. The summed E-state index contributed by atoms with van der Waals surface area (Å²) in [5.74, 6) is 1.18. The van der Waals surface area contributed by atoms with Gasteiger partial charge in [0.25, 0.3) is 5.91 Å². The van der Waals surface area contributed by atoms with E-state index in [0.29, 0.717) is 18.9 Å². The molecule has 2 saturated heterocycles. The van der Waals surface area contributed by atoms with Crippen molar-refractivity contribution in [3.05, 3.63) is 46.0 Å². The molecular formula is C19H24N2O3S. The van der Waals surface area contributed by atoms with Crippen LogP contribution in [-0.4, -0.2) is 55.1 Å². The fourth-order valence-electron chi connectivity index (χ4n) is 3.90. The van der Waals surface area contributed by atoms with Gasteiger partial charge in [0.15, 0.2) is 5.76 Å². The van der Waals surface area contributed by atoms with Crippen LogP contribution in [0.15, 0.2) is 34.1 Å². The highest BCUT2D eigenvalue weighted by atomic mass is 32.1. The van der Waals surface area contributed by atoms with Gasteiger partial charge in [0.05, 0.1) is 13.2 Å². The Labute approximate surface area is 152 Å². The second-order valence-electron chi connectivity index (χ2n) is 7.23. The van der Waals surface area contributed by atoms with Gasteiger partial charge in [-0.1, -0.05) is 6.07 Å². The van der Waals surface area contributed by atoms with Crippen molar-refractivity contribution in [3.8, 4) is 0 Å². The molecule has 0 aromatic carbocycles. The largest absolute Gasteiger partial charge is 0.456 e. The molecule has 134 valence electrons. The molecule has 2 aromatic heterocycles. The van der Waals surface area contributed by atoms with Crippen LogP contribution < -0.4 is 0 Å². The summed E-state index contributed by atoms with van der Waals surface area (Å²) in [5.41, 5.74) is 0.0328. The number of carbonyl (C=O) groups is 1. The first-order valence-corrected chi connectivity index (χ1v) is 9.70. The summed E-state index contributed by atoms with van der Waals surface area (Å²) in [5, 5.41) is 2.13. The predicted octanol–water partition coefficient (Wildman–Crippen LogP) is 3.01. The van der Waals surface area contributed by atoms with Crippen LogP contribution in [-0.2, 0) is 11.3 Å². The lowest BCUT2D eigenvalue weighted by molar-refractivity contribution is 0.0624. The summed E-state index contributed by atoms with van der Waals surface area (Å²) in [6.45, 7) is 7.59. The Morgan fingerprint density at radius 2 is 2.20 bits per heavy atom. The maximum Gasteiger partial charge on any atom is 0.289 e. The third-order valence-corrected chi connectivity index (χ3v) is 6.02. The van der Waals surface area contributed by atoms with E-state index in [0.717, 1.165) is 45.0 Å². The molecule has 4 rings (SSSR count). The van der Waals surface area contributed by atoms with Crippen molar-refractivity contribution in [2.75, 3.05) is 39.4 Å². The lowest BCUT2D eigenvalue weighted by Gasteiger charge is -2.31. The first-order valence-electron chi connectivity index (χ1n) is 8.82. The standard InChI is InChI=1S/C19H24N2O3S/c1-15-4-5-17(24-15)18(22)21-8-9-23-14-19(13-21)6-7-20(12-19)11-16-3-2-10-25-16/h2-5,10H,6-9,11-14H2,1H3/t19-/m1/s1. The minimum Gasteiger partial charge on any atom is -0.456 e. The molecule has 2 aliphatic heterocycles. The van der Waals surface area contributed by atoms with Gasteiger partial charge in [-0.2, -0.15) is 0 Å². The van der Waals surface area contributed by atoms with Crippen LogP contribution in [0, 0.1) is 12.3 Å². The molecule has 2 aliphatic rings. The Bertz CT molecular complexity index is 727. The van der Waals surface area contributed by atoms with Crippen LogP contribution in [0.5, 0.6) is 0 Å². The molecule has 0 unspecified atom stereocenters. The van der Waals surface area contributed by atoms with Gasteiger partial charge < -0.3 is 14.1 Å². The van der Waals surface area contributed by atoms with Gasteiger partial charge in [0.1, 0.15) is 5.76 Å². The monoisotopic (exact) mass is 360 g/mol. The number of thiophene rings is 1. The van der Waals surface area contributed by atoms with Crippen LogP contribution in [0.25, 0.3) is 0 Å². The Hall–Kier alpha value is -1.63. The average Bonchev–Trinajstić information content (AvgIpc) is 3.30. The number of likely N-dealkylation sites (tertiary alicyclic amines) is 1. The summed E-state index contributed by atoms with van der Waals surface area (Å²) in [4.78, 5) is 18.6. The average molecular weight is 360 g/mol. The second-order valence-corrected chi connectivity index (χ2v) is 8.26. The second kappa shape index (κ2) is 6.94. The number of rotatable bonds is 3. The van der Waals surface area contributed by atoms with E-state index < -0.39 is 0 Å². The zero-order valence-corrected chi connectivity index (χ0v) is 15.4. The topological polar surface area (TPSA) is 45.9 Å². The number of carbonyl (C=O) groups excluding carboxylic acids is 1. The Kier molecular flexibility index (Phi) is 4.67. The van der Waals surface area contributed by atoms with E-state index in [-0.39, 0.29) is 11.3 Å². The first kappa shape index (κ1) is 16.8. The zero-order valence-electron chi connectivity index (χ0n) is 14.6. The molecule has 6 heteroatoms. The molecule has 0 radical (unpaired) electrons. The van der Waals surface area contributed by atoms with Crippen molar-refractivity contribution in [1.82, 2.24) is 9.80 Å². The molecule has 0 N–H and O–H groups in total. The van der Waals surface area contributed by atoms with Crippen molar-refractivity contribution >= 4 is 17.2 Å². The van der Waals surface area contributed by atoms with Crippen LogP contribution in [0.2, 0.25) is 0 Å². The van der Waals surface area contributed by atoms with E-state index in [1.165, 1.54) is 4.88 Å². The lowest BCUT2D eigenvalue weighted by atomic mass is 9.87. The van der Waals surface area contributed by atoms with E-state index in [2.05, 4.69) is 22.4 Å². The van der Waals surface area contributed by atoms with Gasteiger partial charge >= 0.3 is 0 Å². The van der Waals surface area contributed by atoms with Gasteiger partial charge in [0, 0.05) is 36.5 Å². The maximum atomic E-state index is 12.8. The number of aryl methyl sites for hydroxylation is 1. The van der Waals surface area contributed by atoms with Gasteiger partial charge in [-0.15, -0.1) is 11.3 Å². The number of ether oxygens (including phenoxy) is 1. The third kappa shape index (κ3) is 3.66. The fraction of sp³-hybridized carbons (Fsp3) is 0.526. The minimum atomic E-state index is -0.0188. The van der Waals surface area contributed by atoms with Crippen LogP contribution >= 0.6 is 11.3 Å². The molecule has 2 aromatic rings. The molecule has 0 saturated carbocycles. The Morgan fingerprint density at radius 3 is 2.96 bits per heavy atom. The fourth-order valence-corrected chi connectivity index (χ4v) is 4.65. The summed E-state index contributed by atoms with van der Waals surface area (Å²) < 4.78 is 11.4. The molecular weight excluding hydrogens is 336 g/mol. The molecule has 0 bridgehead atoms. The normalized spacial score (nSPS) is 24.8. The minimum absolute atomic E-state index is 0.0188. The zero-order chi connectivity index (χ0) is 17.3. The van der Waals surface area contributed by atoms with Crippen molar-refractivity contribution in [2.45, 2.75) is 19.9 Å². The smallest absolute Gasteiger partial charge is 0.289 e. The highest BCUT2D eigenvalue weighted by molar-refractivity contribution is 7.09. The van der Waals surface area contributed by atoms with E-state index in [1.54, 1.807) is 17.4 Å². The van der Waals surface area contributed by atoms with Crippen LogP contribution in [0.3, 0.4) is 0 Å². The summed E-state index contributed by atoms with van der Waals surface area (Å²) in [7, 11) is 0. The predicted molar refractivity (Wildman–Crippen MR) is 96.8 cm³/mol. The van der Waals surface area contributed by atoms with Crippen molar-refractivity contribution in [3.63, 3.8) is 0 Å².